The van der Waals surface area contributed by atoms with Crippen molar-refractivity contribution >= 4 is 6.47 Å². The van der Waals surface area contributed by atoms with Crippen molar-refractivity contribution in [3.05, 3.63) is 17.5 Å². The third kappa shape index (κ3) is 4.54. The van der Waals surface area contributed by atoms with E-state index in [1.807, 2.05) is 6.92 Å². The quantitative estimate of drug-likeness (QED) is 0.571. The first kappa shape index (κ1) is 18.9. The highest BCUT2D eigenvalue weighted by molar-refractivity contribution is 5.32. The topological polar surface area (TPSA) is 119 Å². The predicted molar refractivity (Wildman–Crippen MR) is 86.5 cm³/mol. The Bertz CT molecular complexity index is 538. The van der Waals surface area contributed by atoms with Crippen molar-refractivity contribution in [2.75, 3.05) is 19.7 Å². The van der Waals surface area contributed by atoms with E-state index in [0.717, 1.165) is 43.9 Å². The highest BCUT2D eigenvalue weighted by atomic mass is 16.5. The molecule has 24 heavy (non-hydrogen) atoms. The average Bonchev–Trinajstić information content (AvgIpc) is 2.92. The Morgan fingerprint density at radius 1 is 1.50 bits per heavy atom. The number of ether oxygens (including phenoxy) is 1. The van der Waals surface area contributed by atoms with Gasteiger partial charge in [-0.3, -0.25) is 14.8 Å². The highest BCUT2D eigenvalue weighted by Crippen LogP contribution is 2.39. The minimum absolute atomic E-state index is 0.228. The zero-order chi connectivity index (χ0) is 17.8. The second kappa shape index (κ2) is 7.60. The van der Waals surface area contributed by atoms with Gasteiger partial charge in [0.25, 0.3) is 6.47 Å². The van der Waals surface area contributed by atoms with Crippen LogP contribution in [0, 0.1) is 6.92 Å². The molecule has 2 aliphatic heterocycles. The zero-order valence-corrected chi connectivity index (χ0v) is 14.2. The van der Waals surface area contributed by atoms with E-state index >= 15 is 0 Å². The molecule has 136 valence electrons. The van der Waals surface area contributed by atoms with Crippen molar-refractivity contribution in [2.24, 2.45) is 0 Å². The summed E-state index contributed by atoms with van der Waals surface area (Å²) >= 11 is 0. The number of piperidine rings is 1. The summed E-state index contributed by atoms with van der Waals surface area (Å²) in [6.45, 7) is 6.40. The van der Waals surface area contributed by atoms with Gasteiger partial charge in [-0.2, -0.15) is 5.10 Å². The molecule has 2 atom stereocenters. The van der Waals surface area contributed by atoms with Crippen LogP contribution >= 0.6 is 0 Å². The number of carbonyl (C=O) groups is 1. The lowest BCUT2D eigenvalue weighted by Crippen LogP contribution is -2.59. The number of aryl methyl sites for hydroxylation is 1. The van der Waals surface area contributed by atoms with E-state index in [-0.39, 0.29) is 18.7 Å². The summed E-state index contributed by atoms with van der Waals surface area (Å²) in [4.78, 5) is 10.7. The zero-order valence-electron chi connectivity index (χ0n) is 14.2. The maximum atomic E-state index is 10.3. The largest absolute Gasteiger partial charge is 0.483 e. The molecule has 2 fully saturated rings. The van der Waals surface area contributed by atoms with Gasteiger partial charge in [0.15, 0.2) is 0 Å². The summed E-state index contributed by atoms with van der Waals surface area (Å²) < 4.78 is 5.90. The van der Waals surface area contributed by atoms with Crippen LogP contribution < -0.4 is 0 Å². The van der Waals surface area contributed by atoms with Crippen LogP contribution in [0.1, 0.15) is 37.6 Å². The fourth-order valence-corrected chi connectivity index (χ4v) is 3.48. The number of H-pyrrole nitrogens is 1. The molecule has 1 spiro atoms. The Hall–Kier alpha value is -1.48. The maximum absolute atomic E-state index is 10.3. The molecule has 2 aliphatic rings. The van der Waals surface area contributed by atoms with Crippen LogP contribution in [0.2, 0.25) is 0 Å². The van der Waals surface area contributed by atoms with E-state index < -0.39 is 11.7 Å². The molecule has 3 rings (SSSR count). The van der Waals surface area contributed by atoms with Crippen LogP contribution in [-0.2, 0) is 16.1 Å². The molecule has 0 radical (unpaired) electrons. The number of aliphatic hydroxyl groups excluding tert-OH is 1. The third-order valence-corrected chi connectivity index (χ3v) is 4.86. The summed E-state index contributed by atoms with van der Waals surface area (Å²) in [5, 5.41) is 34.2. The van der Waals surface area contributed by atoms with Crippen molar-refractivity contribution in [3.8, 4) is 0 Å². The van der Waals surface area contributed by atoms with Crippen LogP contribution in [0.4, 0.5) is 0 Å². The Balaban J connectivity index is 0.000000647. The average molecular weight is 341 g/mol. The number of aromatic nitrogens is 2. The van der Waals surface area contributed by atoms with Crippen LogP contribution in [-0.4, -0.2) is 73.9 Å². The van der Waals surface area contributed by atoms with Crippen molar-refractivity contribution < 1.29 is 24.9 Å². The number of rotatable bonds is 2. The number of hydrogen-bond donors (Lipinski definition) is 4. The van der Waals surface area contributed by atoms with Gasteiger partial charge in [0.1, 0.15) is 6.10 Å². The van der Waals surface area contributed by atoms with Gasteiger partial charge in [-0.1, -0.05) is 0 Å². The van der Waals surface area contributed by atoms with Crippen molar-refractivity contribution in [1.29, 1.82) is 0 Å². The second-order valence-electron chi connectivity index (χ2n) is 6.97. The standard InChI is InChI=1S/C15H25N3O3.CH2O2/c1-11-7-12(17-16-11)8-18-5-3-15(4-6-18)10-14(2,20)13(19)9-21-15;2-1-3/h7,13,19-20H,3-6,8-10H2,1-2H3,(H,16,17);1H,(H,2,3)/t13-,14-;/m0./s1. The Morgan fingerprint density at radius 3 is 2.62 bits per heavy atom. The number of hydrogen-bond acceptors (Lipinski definition) is 6. The van der Waals surface area contributed by atoms with Crippen LogP contribution in [0.3, 0.4) is 0 Å². The number of nitrogens with zero attached hydrogens (tertiary/aromatic N) is 2. The predicted octanol–water partition coefficient (Wildman–Crippen LogP) is 0.286. The van der Waals surface area contributed by atoms with Gasteiger partial charge in [0, 0.05) is 31.7 Å². The molecule has 1 aromatic rings. The lowest BCUT2D eigenvalue weighted by Gasteiger charge is -2.49. The lowest BCUT2D eigenvalue weighted by molar-refractivity contribution is -0.223. The minimum atomic E-state index is -1.04. The Kier molecular flexibility index (Phi) is 5.97. The fourth-order valence-electron chi connectivity index (χ4n) is 3.48. The molecular formula is C16H27N3O5. The van der Waals surface area contributed by atoms with E-state index in [1.54, 1.807) is 6.92 Å². The fraction of sp³-hybridized carbons (Fsp3) is 0.750. The number of nitrogens with one attached hydrogen (secondary N) is 1. The number of carboxylic acid groups (broad SMARTS) is 1. The molecule has 0 amide bonds. The molecule has 4 N–H and O–H groups in total. The molecule has 1 aromatic heterocycles. The second-order valence-corrected chi connectivity index (χ2v) is 6.97. The van der Waals surface area contributed by atoms with E-state index in [2.05, 4.69) is 21.2 Å². The maximum Gasteiger partial charge on any atom is 0.290 e. The monoisotopic (exact) mass is 341 g/mol. The summed E-state index contributed by atoms with van der Waals surface area (Å²) in [7, 11) is 0. The van der Waals surface area contributed by atoms with E-state index in [4.69, 9.17) is 14.6 Å². The molecule has 0 bridgehead atoms. The SMILES string of the molecule is Cc1cc(CN2CCC3(CC2)C[C@](C)(O)[C@@H](O)CO3)n[nH]1.O=CO. The van der Waals surface area contributed by atoms with Gasteiger partial charge >= 0.3 is 0 Å². The first-order valence-electron chi connectivity index (χ1n) is 8.16. The summed E-state index contributed by atoms with van der Waals surface area (Å²) in [6.07, 6.45) is 1.50. The van der Waals surface area contributed by atoms with E-state index in [0.29, 0.717) is 6.42 Å². The Morgan fingerprint density at radius 2 is 2.12 bits per heavy atom. The minimum Gasteiger partial charge on any atom is -0.483 e. The van der Waals surface area contributed by atoms with Crippen LogP contribution in [0.15, 0.2) is 6.07 Å². The van der Waals surface area contributed by atoms with Crippen molar-refractivity contribution in [2.45, 2.75) is 57.0 Å². The van der Waals surface area contributed by atoms with E-state index in [9.17, 15) is 10.2 Å². The summed E-state index contributed by atoms with van der Waals surface area (Å²) in [5.41, 5.74) is 0.829. The number of aromatic amines is 1. The molecule has 3 heterocycles. The highest BCUT2D eigenvalue weighted by Gasteiger charge is 2.48. The molecule has 0 saturated carbocycles. The third-order valence-electron chi connectivity index (χ3n) is 4.86. The van der Waals surface area contributed by atoms with Crippen LogP contribution in [0.25, 0.3) is 0 Å². The summed E-state index contributed by atoms with van der Waals surface area (Å²) in [5.74, 6) is 0. The number of aliphatic hydroxyl groups is 2. The normalized spacial score (nSPS) is 29.8. The molecule has 2 saturated heterocycles. The van der Waals surface area contributed by atoms with Gasteiger partial charge < -0.3 is 20.1 Å². The smallest absolute Gasteiger partial charge is 0.290 e. The molecule has 8 heteroatoms. The van der Waals surface area contributed by atoms with Gasteiger partial charge in [0.2, 0.25) is 0 Å². The number of likely N-dealkylation sites (tertiary alicyclic amines) is 1. The first-order chi connectivity index (χ1) is 11.3. The van der Waals surface area contributed by atoms with Gasteiger partial charge in [0.05, 0.1) is 23.5 Å². The first-order valence-corrected chi connectivity index (χ1v) is 8.16. The van der Waals surface area contributed by atoms with E-state index in [1.165, 1.54) is 0 Å². The molecule has 0 unspecified atom stereocenters. The molecule has 0 aromatic carbocycles. The Labute approximate surface area is 141 Å². The molecular weight excluding hydrogens is 314 g/mol. The van der Waals surface area contributed by atoms with Gasteiger partial charge in [-0.25, -0.2) is 0 Å². The summed E-state index contributed by atoms with van der Waals surface area (Å²) in [6, 6.07) is 2.07. The lowest BCUT2D eigenvalue weighted by atomic mass is 9.76. The molecule has 0 aliphatic carbocycles. The van der Waals surface area contributed by atoms with Gasteiger partial charge in [-0.15, -0.1) is 0 Å². The van der Waals surface area contributed by atoms with Crippen LogP contribution in [0.5, 0.6) is 0 Å². The van der Waals surface area contributed by atoms with Crippen molar-refractivity contribution in [1.82, 2.24) is 15.1 Å². The van der Waals surface area contributed by atoms with Crippen molar-refractivity contribution in [3.63, 3.8) is 0 Å². The van der Waals surface area contributed by atoms with Gasteiger partial charge in [-0.05, 0) is 32.8 Å². The molecule has 8 nitrogen and oxygen atoms in total.